The van der Waals surface area contributed by atoms with E-state index in [0.717, 1.165) is 21.3 Å². The molecule has 0 heterocycles. The minimum atomic E-state index is 0.428. The Morgan fingerprint density at radius 3 is 2.32 bits per heavy atom. The van der Waals surface area contributed by atoms with Gasteiger partial charge in [0.25, 0.3) is 0 Å². The molecule has 0 bridgehead atoms. The van der Waals surface area contributed by atoms with E-state index in [0.29, 0.717) is 16.3 Å². The fourth-order valence-corrected chi connectivity index (χ4v) is 2.19. The van der Waals surface area contributed by atoms with Crippen molar-refractivity contribution < 1.29 is 4.74 Å². The van der Waals surface area contributed by atoms with Gasteiger partial charge in [0.05, 0.1) is 16.7 Å². The van der Waals surface area contributed by atoms with Crippen molar-refractivity contribution in [3.63, 3.8) is 0 Å². The molecule has 2 nitrogen and oxygen atoms in total. The van der Waals surface area contributed by atoms with Gasteiger partial charge in [0.15, 0.2) is 0 Å². The second-order valence-corrected chi connectivity index (χ2v) is 5.43. The quantitative estimate of drug-likeness (QED) is 0.737. The van der Waals surface area contributed by atoms with Crippen LogP contribution in [0, 0.1) is 25.2 Å². The summed E-state index contributed by atoms with van der Waals surface area (Å²) in [6.07, 6.45) is 0. The van der Waals surface area contributed by atoms with Crippen molar-refractivity contribution in [3.8, 4) is 17.6 Å². The van der Waals surface area contributed by atoms with Crippen LogP contribution >= 0.6 is 27.5 Å². The van der Waals surface area contributed by atoms with Crippen LogP contribution in [0.4, 0.5) is 0 Å². The molecule has 0 radical (unpaired) electrons. The predicted molar refractivity (Wildman–Crippen MR) is 79.9 cm³/mol. The molecule has 0 saturated heterocycles. The smallest absolute Gasteiger partial charge is 0.146 e. The molecular formula is C15H11BrClNO. The summed E-state index contributed by atoms with van der Waals surface area (Å²) in [4.78, 5) is 0. The Morgan fingerprint density at radius 1 is 1.16 bits per heavy atom. The highest BCUT2D eigenvalue weighted by Crippen LogP contribution is 2.33. The third-order valence-corrected chi connectivity index (χ3v) is 4.24. The summed E-state index contributed by atoms with van der Waals surface area (Å²) in [7, 11) is 0. The van der Waals surface area contributed by atoms with E-state index in [4.69, 9.17) is 21.6 Å². The van der Waals surface area contributed by atoms with Gasteiger partial charge in [-0.2, -0.15) is 5.26 Å². The zero-order valence-corrected chi connectivity index (χ0v) is 12.8. The molecule has 0 aliphatic carbocycles. The molecule has 2 aromatic carbocycles. The monoisotopic (exact) mass is 335 g/mol. The van der Waals surface area contributed by atoms with Crippen LogP contribution in [-0.4, -0.2) is 0 Å². The van der Waals surface area contributed by atoms with Crippen LogP contribution < -0.4 is 4.74 Å². The molecule has 96 valence electrons. The van der Waals surface area contributed by atoms with Crippen LogP contribution in [0.5, 0.6) is 11.5 Å². The molecule has 4 heteroatoms. The third kappa shape index (κ3) is 3.09. The van der Waals surface area contributed by atoms with E-state index >= 15 is 0 Å². The van der Waals surface area contributed by atoms with Crippen LogP contribution in [0.3, 0.4) is 0 Å². The Hall–Kier alpha value is -1.50. The molecule has 2 rings (SSSR count). The Labute approximate surface area is 125 Å². The first-order valence-corrected chi connectivity index (χ1v) is 6.82. The van der Waals surface area contributed by atoms with Crippen molar-refractivity contribution in [2.75, 3.05) is 0 Å². The largest absolute Gasteiger partial charge is 0.456 e. The van der Waals surface area contributed by atoms with E-state index in [2.05, 4.69) is 15.9 Å². The first-order valence-electron chi connectivity index (χ1n) is 5.65. The van der Waals surface area contributed by atoms with Crippen molar-refractivity contribution in [2.24, 2.45) is 0 Å². The molecule has 0 aromatic heterocycles. The molecule has 0 N–H and O–H groups in total. The predicted octanol–water partition coefficient (Wildman–Crippen LogP) is 5.38. The summed E-state index contributed by atoms with van der Waals surface area (Å²) in [5.41, 5.74) is 2.71. The number of nitrogens with zero attached hydrogens (tertiary/aromatic N) is 1. The van der Waals surface area contributed by atoms with Crippen LogP contribution in [0.1, 0.15) is 16.7 Å². The molecule has 0 atom stereocenters. The molecule has 19 heavy (non-hydrogen) atoms. The van der Waals surface area contributed by atoms with Crippen molar-refractivity contribution in [1.29, 1.82) is 5.26 Å². The van der Waals surface area contributed by atoms with E-state index in [1.165, 1.54) is 0 Å². The summed E-state index contributed by atoms with van der Waals surface area (Å²) in [5.74, 6) is 1.27. The third-order valence-electron chi connectivity index (χ3n) is 2.70. The zero-order valence-electron chi connectivity index (χ0n) is 10.5. The van der Waals surface area contributed by atoms with E-state index in [1.54, 1.807) is 18.2 Å². The van der Waals surface area contributed by atoms with Crippen LogP contribution in [0.2, 0.25) is 5.02 Å². The first-order chi connectivity index (χ1) is 9.01. The van der Waals surface area contributed by atoms with Crippen molar-refractivity contribution >= 4 is 27.5 Å². The molecule has 0 aliphatic heterocycles. The lowest BCUT2D eigenvalue weighted by Gasteiger charge is -2.11. The summed E-state index contributed by atoms with van der Waals surface area (Å²) < 4.78 is 6.84. The number of ether oxygens (including phenoxy) is 1. The Morgan fingerprint density at radius 2 is 1.79 bits per heavy atom. The second kappa shape index (κ2) is 5.64. The fraction of sp³-hybridized carbons (Fsp3) is 0.133. The van der Waals surface area contributed by atoms with E-state index in [1.807, 2.05) is 32.0 Å². The number of hydrogen-bond donors (Lipinski definition) is 0. The average Bonchev–Trinajstić information content (AvgIpc) is 2.38. The van der Waals surface area contributed by atoms with Gasteiger partial charge in [-0.1, -0.05) is 27.5 Å². The zero-order chi connectivity index (χ0) is 14.0. The molecule has 0 saturated carbocycles. The Balaban J connectivity index is 2.34. The van der Waals surface area contributed by atoms with Crippen LogP contribution in [0.15, 0.2) is 34.8 Å². The van der Waals surface area contributed by atoms with Gasteiger partial charge in [0, 0.05) is 4.47 Å². The second-order valence-electron chi connectivity index (χ2n) is 4.23. The van der Waals surface area contributed by atoms with Crippen molar-refractivity contribution in [3.05, 3.63) is 56.5 Å². The number of halogens is 2. The maximum Gasteiger partial charge on any atom is 0.146 e. The molecule has 0 fully saturated rings. The Kier molecular flexibility index (Phi) is 4.14. The average molecular weight is 337 g/mol. The molecule has 2 aromatic rings. The lowest BCUT2D eigenvalue weighted by molar-refractivity contribution is 0.482. The SMILES string of the molecule is Cc1cc(Oc2ccc(C#N)cc2Cl)cc(C)c1Br. The molecule has 0 amide bonds. The lowest BCUT2D eigenvalue weighted by atomic mass is 10.1. The summed E-state index contributed by atoms with van der Waals surface area (Å²) in [6.45, 7) is 4.01. The van der Waals surface area contributed by atoms with Crippen molar-refractivity contribution in [2.45, 2.75) is 13.8 Å². The number of hydrogen-bond acceptors (Lipinski definition) is 2. The highest BCUT2D eigenvalue weighted by atomic mass is 79.9. The van der Waals surface area contributed by atoms with Gasteiger partial charge in [0.1, 0.15) is 11.5 Å². The fourth-order valence-electron chi connectivity index (χ4n) is 1.75. The minimum Gasteiger partial charge on any atom is -0.456 e. The Bertz CT molecular complexity index is 653. The summed E-state index contributed by atoms with van der Waals surface area (Å²) in [5, 5.41) is 9.22. The van der Waals surface area contributed by atoms with E-state index in [-0.39, 0.29) is 0 Å². The van der Waals surface area contributed by atoms with Gasteiger partial charge < -0.3 is 4.74 Å². The van der Waals surface area contributed by atoms with Gasteiger partial charge in [-0.25, -0.2) is 0 Å². The number of benzene rings is 2. The molecule has 0 spiro atoms. The van der Waals surface area contributed by atoms with Gasteiger partial charge in [-0.15, -0.1) is 0 Å². The topological polar surface area (TPSA) is 33.0 Å². The minimum absolute atomic E-state index is 0.428. The maximum absolute atomic E-state index is 8.79. The van der Waals surface area contributed by atoms with Gasteiger partial charge in [-0.3, -0.25) is 0 Å². The molecule has 0 unspecified atom stereocenters. The van der Waals surface area contributed by atoms with Crippen molar-refractivity contribution in [1.82, 2.24) is 0 Å². The number of rotatable bonds is 2. The van der Waals surface area contributed by atoms with Gasteiger partial charge >= 0.3 is 0 Å². The van der Waals surface area contributed by atoms with Crippen LogP contribution in [-0.2, 0) is 0 Å². The highest BCUT2D eigenvalue weighted by Gasteiger charge is 2.07. The highest BCUT2D eigenvalue weighted by molar-refractivity contribution is 9.10. The normalized spacial score (nSPS) is 10.1. The maximum atomic E-state index is 8.79. The molecular weight excluding hydrogens is 326 g/mol. The number of aryl methyl sites for hydroxylation is 2. The number of nitriles is 1. The summed E-state index contributed by atoms with van der Waals surface area (Å²) in [6, 6.07) is 10.9. The van der Waals surface area contributed by atoms with E-state index in [9.17, 15) is 0 Å². The summed E-state index contributed by atoms with van der Waals surface area (Å²) >= 11 is 9.60. The standard InChI is InChI=1S/C15H11BrClNO/c1-9-5-12(6-10(2)15(9)16)19-14-4-3-11(8-18)7-13(14)17/h3-7H,1-2H3. The van der Waals surface area contributed by atoms with Crippen LogP contribution in [0.25, 0.3) is 0 Å². The lowest BCUT2D eigenvalue weighted by Crippen LogP contribution is -1.89. The molecule has 0 aliphatic rings. The first kappa shape index (κ1) is 13.9. The van der Waals surface area contributed by atoms with Gasteiger partial charge in [0.2, 0.25) is 0 Å². The van der Waals surface area contributed by atoms with Gasteiger partial charge in [-0.05, 0) is 55.3 Å². The van der Waals surface area contributed by atoms with E-state index < -0.39 is 0 Å².